The van der Waals surface area contributed by atoms with Gasteiger partial charge in [-0.25, -0.2) is 8.42 Å². The normalized spacial score (nSPS) is 11.2. The summed E-state index contributed by atoms with van der Waals surface area (Å²) < 4.78 is 29.1. The Morgan fingerprint density at radius 3 is 2.03 bits per heavy atom. The fraction of sp³-hybridized carbons (Fsp3) is 0.310. The molecule has 9 heteroatoms. The Morgan fingerprint density at radius 2 is 1.47 bits per heavy atom. The van der Waals surface area contributed by atoms with Gasteiger partial charge in [0.2, 0.25) is 0 Å². The van der Waals surface area contributed by atoms with Gasteiger partial charge in [-0.2, -0.15) is 10.5 Å². The zero-order chi connectivity index (χ0) is 27.5. The van der Waals surface area contributed by atoms with Crippen LogP contribution in [0.3, 0.4) is 0 Å². The van der Waals surface area contributed by atoms with Gasteiger partial charge in [0.05, 0.1) is 21.7 Å². The maximum Gasteiger partial charge on any atom is 0.261 e. The number of anilines is 2. The van der Waals surface area contributed by atoms with Crippen LogP contribution in [-0.2, 0) is 10.0 Å². The van der Waals surface area contributed by atoms with Crippen molar-refractivity contribution >= 4 is 32.8 Å². The van der Waals surface area contributed by atoms with Crippen LogP contribution in [0.5, 0.6) is 0 Å². The molecule has 0 radical (unpaired) electrons. The molecule has 8 nitrogen and oxygen atoms in total. The van der Waals surface area contributed by atoms with Gasteiger partial charge >= 0.3 is 0 Å². The van der Waals surface area contributed by atoms with E-state index in [-0.39, 0.29) is 33.1 Å². The first-order valence-corrected chi connectivity index (χ1v) is 14.1. The molecule has 0 bridgehead atoms. The van der Waals surface area contributed by atoms with Crippen molar-refractivity contribution in [1.82, 2.24) is 0 Å². The fourth-order valence-electron chi connectivity index (χ4n) is 3.92. The standard InChI is InChI=1S/C29H32N6O2S/c1-4-6-15-35(16-7-5-2)25-13-14-27(28(19-25)34-38(36,37)26-11-9-8-10-12-26)32-33-29-23(20-30)17-22(3)18-24(29)21-31/h8-14,17-19,34H,4-7,15-16H2,1-3H3. The molecule has 0 aliphatic carbocycles. The molecule has 0 spiro atoms. The van der Waals surface area contributed by atoms with E-state index in [1.165, 1.54) is 12.1 Å². The maximum absolute atomic E-state index is 13.2. The molecule has 0 saturated carbocycles. The van der Waals surface area contributed by atoms with E-state index >= 15 is 0 Å². The summed E-state index contributed by atoms with van der Waals surface area (Å²) in [6.45, 7) is 7.76. The molecule has 0 aromatic heterocycles. The lowest BCUT2D eigenvalue weighted by Crippen LogP contribution is -2.25. The summed E-state index contributed by atoms with van der Waals surface area (Å²) in [7, 11) is -3.90. The third kappa shape index (κ3) is 7.18. The average Bonchev–Trinajstić information content (AvgIpc) is 2.92. The SMILES string of the molecule is CCCCN(CCCC)c1ccc(N=Nc2c(C#N)cc(C)cc2C#N)c(NS(=O)(=O)c2ccccc2)c1. The Balaban J connectivity index is 2.10. The number of hydrogen-bond acceptors (Lipinski definition) is 7. The molecular weight excluding hydrogens is 496 g/mol. The monoisotopic (exact) mass is 528 g/mol. The number of sulfonamides is 1. The minimum absolute atomic E-state index is 0.124. The quantitative estimate of drug-likeness (QED) is 0.246. The number of nitrogens with one attached hydrogen (secondary N) is 1. The molecule has 3 rings (SSSR count). The van der Waals surface area contributed by atoms with Crippen LogP contribution in [0, 0.1) is 29.6 Å². The van der Waals surface area contributed by atoms with Gasteiger partial charge in [0.15, 0.2) is 0 Å². The summed E-state index contributed by atoms with van der Waals surface area (Å²) in [6.07, 6.45) is 4.11. The number of nitrogens with zero attached hydrogens (tertiary/aromatic N) is 5. The van der Waals surface area contributed by atoms with Crippen LogP contribution >= 0.6 is 0 Å². The number of rotatable bonds is 12. The van der Waals surface area contributed by atoms with Crippen molar-refractivity contribution in [3.63, 3.8) is 0 Å². The third-order valence-electron chi connectivity index (χ3n) is 5.96. The molecule has 0 saturated heterocycles. The van der Waals surface area contributed by atoms with Gasteiger partial charge in [0.25, 0.3) is 10.0 Å². The van der Waals surface area contributed by atoms with Gasteiger partial charge in [-0.3, -0.25) is 4.72 Å². The molecule has 0 atom stereocenters. The van der Waals surface area contributed by atoms with E-state index in [2.05, 4.69) is 45.8 Å². The van der Waals surface area contributed by atoms with Crippen molar-refractivity contribution in [3.05, 3.63) is 77.4 Å². The molecule has 1 N–H and O–H groups in total. The maximum atomic E-state index is 13.2. The van der Waals surface area contributed by atoms with Gasteiger partial charge in [0.1, 0.15) is 23.5 Å². The third-order valence-corrected chi connectivity index (χ3v) is 7.34. The predicted octanol–water partition coefficient (Wildman–Crippen LogP) is 7.36. The Bertz CT molecular complexity index is 1430. The summed E-state index contributed by atoms with van der Waals surface area (Å²) in [5, 5.41) is 27.7. The van der Waals surface area contributed by atoms with E-state index in [0.29, 0.717) is 0 Å². The Hall–Kier alpha value is -4.21. The second kappa shape index (κ2) is 13.4. The highest BCUT2D eigenvalue weighted by molar-refractivity contribution is 7.92. The summed E-state index contributed by atoms with van der Waals surface area (Å²) in [5.74, 6) is 0. The highest BCUT2D eigenvalue weighted by atomic mass is 32.2. The lowest BCUT2D eigenvalue weighted by molar-refractivity contribution is 0.601. The molecule has 0 heterocycles. The van der Waals surface area contributed by atoms with Crippen molar-refractivity contribution in [3.8, 4) is 12.1 Å². The highest BCUT2D eigenvalue weighted by Gasteiger charge is 2.18. The van der Waals surface area contributed by atoms with Crippen molar-refractivity contribution in [2.75, 3.05) is 22.7 Å². The molecule has 0 unspecified atom stereocenters. The van der Waals surface area contributed by atoms with Crippen LogP contribution in [0.15, 0.2) is 75.8 Å². The minimum Gasteiger partial charge on any atom is -0.371 e. The number of benzene rings is 3. The largest absolute Gasteiger partial charge is 0.371 e. The van der Waals surface area contributed by atoms with Crippen LogP contribution in [0.2, 0.25) is 0 Å². The second-order valence-corrected chi connectivity index (χ2v) is 10.6. The molecule has 3 aromatic rings. The van der Waals surface area contributed by atoms with Gasteiger partial charge in [0, 0.05) is 18.8 Å². The van der Waals surface area contributed by atoms with Gasteiger partial charge in [-0.05, 0) is 67.8 Å². The summed E-state index contributed by atoms with van der Waals surface area (Å²) in [4.78, 5) is 2.37. The van der Waals surface area contributed by atoms with Crippen molar-refractivity contribution in [2.45, 2.75) is 51.3 Å². The first kappa shape index (κ1) is 28.4. The number of nitriles is 2. The highest BCUT2D eigenvalue weighted by Crippen LogP contribution is 2.35. The van der Waals surface area contributed by atoms with E-state index in [1.54, 1.807) is 49.4 Å². The Labute approximate surface area is 225 Å². The lowest BCUT2D eigenvalue weighted by atomic mass is 10.1. The van der Waals surface area contributed by atoms with Gasteiger partial charge in [-0.15, -0.1) is 10.2 Å². The minimum atomic E-state index is -3.90. The lowest BCUT2D eigenvalue weighted by Gasteiger charge is -2.25. The number of azo groups is 1. The molecular formula is C29H32N6O2S. The Kier molecular flexibility index (Phi) is 9.98. The van der Waals surface area contributed by atoms with Crippen LogP contribution in [-0.4, -0.2) is 21.5 Å². The van der Waals surface area contributed by atoms with Gasteiger partial charge in [-0.1, -0.05) is 44.9 Å². The number of hydrogen-bond donors (Lipinski definition) is 1. The Morgan fingerprint density at radius 1 is 0.868 bits per heavy atom. The predicted molar refractivity (Wildman–Crippen MR) is 151 cm³/mol. The molecule has 0 aliphatic heterocycles. The number of aryl methyl sites for hydroxylation is 1. The van der Waals surface area contributed by atoms with Crippen molar-refractivity contribution in [2.24, 2.45) is 10.2 Å². The summed E-state index contributed by atoms with van der Waals surface area (Å²) in [6, 6.07) is 20.9. The molecule has 0 amide bonds. The molecule has 0 aliphatic rings. The second-order valence-electron chi connectivity index (χ2n) is 8.95. The fourth-order valence-corrected chi connectivity index (χ4v) is 5.01. The van der Waals surface area contributed by atoms with E-state index in [9.17, 15) is 18.9 Å². The van der Waals surface area contributed by atoms with Crippen molar-refractivity contribution in [1.29, 1.82) is 10.5 Å². The zero-order valence-corrected chi connectivity index (χ0v) is 22.8. The molecule has 0 fully saturated rings. The van der Waals surface area contributed by atoms with E-state index in [1.807, 2.05) is 6.07 Å². The summed E-state index contributed by atoms with van der Waals surface area (Å²) >= 11 is 0. The molecule has 38 heavy (non-hydrogen) atoms. The van der Waals surface area contributed by atoms with Crippen LogP contribution in [0.4, 0.5) is 22.7 Å². The average molecular weight is 529 g/mol. The van der Waals surface area contributed by atoms with E-state index in [0.717, 1.165) is 50.0 Å². The van der Waals surface area contributed by atoms with E-state index in [4.69, 9.17) is 0 Å². The zero-order valence-electron chi connectivity index (χ0n) is 22.0. The first-order chi connectivity index (χ1) is 18.3. The topological polar surface area (TPSA) is 122 Å². The van der Waals surface area contributed by atoms with Crippen LogP contribution in [0.25, 0.3) is 0 Å². The van der Waals surface area contributed by atoms with E-state index < -0.39 is 10.0 Å². The summed E-state index contributed by atoms with van der Waals surface area (Å²) in [5.41, 5.74) is 2.76. The van der Waals surface area contributed by atoms with Crippen molar-refractivity contribution < 1.29 is 8.42 Å². The number of unbranched alkanes of at least 4 members (excludes halogenated alkanes) is 2. The molecule has 3 aromatic carbocycles. The van der Waals surface area contributed by atoms with Crippen LogP contribution < -0.4 is 9.62 Å². The molecule has 196 valence electrons. The first-order valence-electron chi connectivity index (χ1n) is 12.7. The smallest absolute Gasteiger partial charge is 0.261 e. The van der Waals surface area contributed by atoms with Crippen LogP contribution in [0.1, 0.15) is 56.2 Å². The van der Waals surface area contributed by atoms with Gasteiger partial charge < -0.3 is 4.90 Å².